The Morgan fingerprint density at radius 3 is 2.41 bits per heavy atom. The van der Waals surface area contributed by atoms with Crippen LogP contribution in [0.25, 0.3) is 0 Å². The van der Waals surface area contributed by atoms with Crippen LogP contribution >= 0.6 is 15.9 Å². The van der Waals surface area contributed by atoms with Gasteiger partial charge in [-0.1, -0.05) is 35.0 Å². The zero-order chi connectivity index (χ0) is 23.8. The van der Waals surface area contributed by atoms with Gasteiger partial charge < -0.3 is 25.2 Å². The number of rotatable bonds is 8. The maximum atomic E-state index is 12.8. The number of benzene rings is 1. The van der Waals surface area contributed by atoms with Crippen molar-refractivity contribution >= 4 is 45.5 Å². The predicted molar refractivity (Wildman–Crippen MR) is 119 cm³/mol. The third kappa shape index (κ3) is 7.04. The predicted octanol–water partition coefficient (Wildman–Crippen LogP) is 1.15. The smallest absolute Gasteiger partial charge is 0.406 e. The quantitative estimate of drug-likeness (QED) is 0.505. The Morgan fingerprint density at radius 1 is 1.16 bits per heavy atom. The number of nitrogens with zero attached hydrogens (tertiary/aromatic N) is 2. The Kier molecular flexibility index (Phi) is 9.18. The van der Waals surface area contributed by atoms with Crippen molar-refractivity contribution in [3.05, 3.63) is 34.3 Å². The molecule has 0 saturated carbocycles. The monoisotopic (exact) mass is 510 g/mol. The highest BCUT2D eigenvalue weighted by molar-refractivity contribution is 9.10. The van der Waals surface area contributed by atoms with Gasteiger partial charge in [0.2, 0.25) is 17.7 Å². The number of Topliss-reactive ketones (excluding diaryl/α,β-unsaturated/α-hetero) is 1. The van der Waals surface area contributed by atoms with E-state index in [4.69, 9.17) is 0 Å². The van der Waals surface area contributed by atoms with Gasteiger partial charge in [-0.05, 0) is 18.1 Å². The molecule has 1 heterocycles. The molecule has 1 aliphatic heterocycles. The van der Waals surface area contributed by atoms with E-state index in [0.717, 1.165) is 4.47 Å². The minimum absolute atomic E-state index is 0.00986. The summed E-state index contributed by atoms with van der Waals surface area (Å²) < 4.78 is 5.34. The van der Waals surface area contributed by atoms with Gasteiger partial charge >= 0.3 is 6.09 Å². The van der Waals surface area contributed by atoms with Crippen LogP contribution < -0.4 is 10.6 Å². The van der Waals surface area contributed by atoms with Crippen molar-refractivity contribution in [3.8, 4) is 0 Å². The standard InChI is InChI=1S/C21H27BrN4O6/c1-13(9-24-21(31)32-3)8-19(29)26-12-25(14(2)27)11-17(26)20(30)23-10-18(28)15-4-6-16(22)7-5-15/h4-7,13,17H,8-12H2,1-3H3,(H,23,30)(H,24,31). The second-order valence-electron chi connectivity index (χ2n) is 7.59. The number of alkyl carbamates (subject to hydrolysis) is 1. The molecule has 1 fully saturated rings. The number of ether oxygens (including phenoxy) is 1. The molecule has 10 nitrogen and oxygen atoms in total. The first kappa shape index (κ1) is 25.3. The van der Waals surface area contributed by atoms with Crippen molar-refractivity contribution in [2.75, 3.05) is 33.4 Å². The van der Waals surface area contributed by atoms with E-state index >= 15 is 0 Å². The summed E-state index contributed by atoms with van der Waals surface area (Å²) in [7, 11) is 1.25. The van der Waals surface area contributed by atoms with Gasteiger partial charge in [0.25, 0.3) is 0 Å². The summed E-state index contributed by atoms with van der Waals surface area (Å²) >= 11 is 3.30. The zero-order valence-electron chi connectivity index (χ0n) is 18.2. The van der Waals surface area contributed by atoms with Gasteiger partial charge in [-0.15, -0.1) is 0 Å². The molecule has 4 amide bonds. The van der Waals surface area contributed by atoms with Gasteiger partial charge in [-0.2, -0.15) is 0 Å². The number of amides is 4. The molecule has 1 saturated heterocycles. The lowest BCUT2D eigenvalue weighted by Gasteiger charge is -2.24. The molecule has 0 spiro atoms. The SMILES string of the molecule is COC(=O)NCC(C)CC(=O)N1CN(C(C)=O)CC1C(=O)NCC(=O)c1ccc(Br)cc1. The normalized spacial score (nSPS) is 16.3. The van der Waals surface area contributed by atoms with E-state index in [0.29, 0.717) is 5.56 Å². The number of ketones is 1. The van der Waals surface area contributed by atoms with E-state index in [1.165, 1.54) is 23.8 Å². The lowest BCUT2D eigenvalue weighted by atomic mass is 10.1. The second kappa shape index (κ2) is 11.6. The van der Waals surface area contributed by atoms with Gasteiger partial charge in [0.15, 0.2) is 5.78 Å². The summed E-state index contributed by atoms with van der Waals surface area (Å²) in [5, 5.41) is 5.10. The van der Waals surface area contributed by atoms with Gasteiger partial charge in [0.05, 0.1) is 26.9 Å². The molecule has 11 heteroatoms. The van der Waals surface area contributed by atoms with Gasteiger partial charge in [-0.3, -0.25) is 19.2 Å². The van der Waals surface area contributed by atoms with Crippen LogP contribution in [0.5, 0.6) is 0 Å². The van der Waals surface area contributed by atoms with Crippen molar-refractivity contribution in [2.45, 2.75) is 26.3 Å². The highest BCUT2D eigenvalue weighted by Crippen LogP contribution is 2.17. The first-order valence-electron chi connectivity index (χ1n) is 10.1. The second-order valence-corrected chi connectivity index (χ2v) is 8.51. The average Bonchev–Trinajstić information content (AvgIpc) is 3.22. The Labute approximate surface area is 194 Å². The molecule has 1 aromatic carbocycles. The largest absolute Gasteiger partial charge is 0.453 e. The van der Waals surface area contributed by atoms with Crippen LogP contribution in [0.3, 0.4) is 0 Å². The summed E-state index contributed by atoms with van der Waals surface area (Å²) in [5.74, 6) is -1.58. The van der Waals surface area contributed by atoms with Crippen molar-refractivity contribution in [1.29, 1.82) is 0 Å². The highest BCUT2D eigenvalue weighted by atomic mass is 79.9. The zero-order valence-corrected chi connectivity index (χ0v) is 19.8. The minimum Gasteiger partial charge on any atom is -0.453 e. The van der Waals surface area contributed by atoms with Crippen LogP contribution in [0.15, 0.2) is 28.7 Å². The number of nitrogens with one attached hydrogen (secondary N) is 2. The third-order valence-electron chi connectivity index (χ3n) is 5.05. The fourth-order valence-corrected chi connectivity index (χ4v) is 3.46. The summed E-state index contributed by atoms with van der Waals surface area (Å²) in [6, 6.07) is 5.85. The molecule has 1 aromatic rings. The Bertz CT molecular complexity index is 876. The summed E-state index contributed by atoms with van der Waals surface area (Å²) in [6.45, 7) is 3.18. The van der Waals surface area contributed by atoms with E-state index in [-0.39, 0.29) is 56.2 Å². The average molecular weight is 511 g/mol. The Balaban J connectivity index is 1.99. The molecular weight excluding hydrogens is 484 g/mol. The first-order chi connectivity index (χ1) is 15.1. The maximum Gasteiger partial charge on any atom is 0.406 e. The topological polar surface area (TPSA) is 125 Å². The van der Waals surface area contributed by atoms with E-state index < -0.39 is 18.0 Å². The van der Waals surface area contributed by atoms with Gasteiger partial charge in [-0.25, -0.2) is 4.79 Å². The molecule has 2 rings (SSSR count). The lowest BCUT2D eigenvalue weighted by molar-refractivity contribution is -0.139. The molecule has 0 bridgehead atoms. The number of hydrogen-bond acceptors (Lipinski definition) is 6. The Hall–Kier alpha value is -2.95. The van der Waals surface area contributed by atoms with Crippen molar-refractivity contribution in [3.63, 3.8) is 0 Å². The minimum atomic E-state index is -0.898. The maximum absolute atomic E-state index is 12.8. The summed E-state index contributed by atoms with van der Waals surface area (Å²) in [5.41, 5.74) is 0.449. The van der Waals surface area contributed by atoms with Crippen LogP contribution in [0, 0.1) is 5.92 Å². The van der Waals surface area contributed by atoms with Crippen LogP contribution in [0.4, 0.5) is 4.79 Å². The van der Waals surface area contributed by atoms with Crippen molar-refractivity contribution in [1.82, 2.24) is 20.4 Å². The molecule has 0 aliphatic carbocycles. The lowest BCUT2D eigenvalue weighted by Crippen LogP contribution is -2.48. The highest BCUT2D eigenvalue weighted by Gasteiger charge is 2.39. The molecule has 2 unspecified atom stereocenters. The number of halogens is 1. The third-order valence-corrected chi connectivity index (χ3v) is 5.58. The van der Waals surface area contributed by atoms with Crippen LogP contribution in [-0.4, -0.2) is 78.9 Å². The summed E-state index contributed by atoms with van der Waals surface area (Å²) in [4.78, 5) is 63.7. The van der Waals surface area contributed by atoms with Crippen LogP contribution in [0.1, 0.15) is 30.6 Å². The number of carbonyl (C=O) groups excluding carboxylic acids is 5. The number of methoxy groups -OCH3 is 1. The fraction of sp³-hybridized carbons (Fsp3) is 0.476. The van der Waals surface area contributed by atoms with Crippen LogP contribution in [-0.2, 0) is 19.1 Å². The Morgan fingerprint density at radius 2 is 1.81 bits per heavy atom. The molecule has 2 atom stereocenters. The molecule has 2 N–H and O–H groups in total. The van der Waals surface area contributed by atoms with Crippen molar-refractivity contribution < 1.29 is 28.7 Å². The number of hydrogen-bond donors (Lipinski definition) is 2. The van der Waals surface area contributed by atoms with Crippen molar-refractivity contribution in [2.24, 2.45) is 5.92 Å². The number of carbonyl (C=O) groups is 5. The fourth-order valence-electron chi connectivity index (χ4n) is 3.19. The van der Waals surface area contributed by atoms with E-state index in [2.05, 4.69) is 31.3 Å². The first-order valence-corrected chi connectivity index (χ1v) is 10.8. The van der Waals surface area contributed by atoms with E-state index in [1.54, 1.807) is 31.2 Å². The molecular formula is C21H27BrN4O6. The van der Waals surface area contributed by atoms with Gasteiger partial charge in [0.1, 0.15) is 6.04 Å². The molecule has 32 heavy (non-hydrogen) atoms. The molecule has 0 radical (unpaired) electrons. The van der Waals surface area contributed by atoms with Gasteiger partial charge in [0, 0.05) is 29.9 Å². The van der Waals surface area contributed by atoms with E-state index in [9.17, 15) is 24.0 Å². The molecule has 174 valence electrons. The molecule has 1 aliphatic rings. The molecule has 0 aromatic heterocycles. The van der Waals surface area contributed by atoms with E-state index in [1.807, 2.05) is 0 Å². The van der Waals surface area contributed by atoms with Crippen LogP contribution in [0.2, 0.25) is 0 Å². The summed E-state index contributed by atoms with van der Waals surface area (Å²) in [6.07, 6.45) is -0.530.